The van der Waals surface area contributed by atoms with E-state index in [0.717, 1.165) is 41.2 Å². The smallest absolute Gasteiger partial charge is 0.460 e. The molecule has 360 valence electrons. The molecule has 5 rings (SSSR count). The summed E-state index contributed by atoms with van der Waals surface area (Å²) in [6.07, 6.45) is 11.1. The minimum absolute atomic E-state index is 0.295. The molecule has 3 aromatic rings. The molecular weight excluding hydrogens is 894 g/mol. The van der Waals surface area contributed by atoms with E-state index in [9.17, 15) is 39.6 Å². The molecule has 0 unspecified atom stereocenters. The Hall–Kier alpha value is -5.52. The lowest BCUT2D eigenvalue weighted by atomic mass is 9.83. The lowest BCUT2D eigenvalue weighted by molar-refractivity contribution is -0.506. The Kier molecular flexibility index (Phi) is 21.1. The molecule has 0 heterocycles. The molecule has 2 aliphatic carbocycles. The van der Waals surface area contributed by atoms with E-state index in [1.165, 1.54) is 54.5 Å². The van der Waals surface area contributed by atoms with Gasteiger partial charge in [-0.1, -0.05) is 75.9 Å². The zero-order valence-corrected chi connectivity index (χ0v) is 40.6. The van der Waals surface area contributed by atoms with Crippen molar-refractivity contribution >= 4 is 60.2 Å². The molecule has 0 aliphatic heterocycles. The molecule has 1 fully saturated rings. The zero-order chi connectivity index (χ0) is 49.2. The molecule has 2 aliphatic rings. The summed E-state index contributed by atoms with van der Waals surface area (Å²) in [5, 5.41) is 0. The van der Waals surface area contributed by atoms with E-state index in [1.54, 1.807) is 13.8 Å². The molecule has 12 nitrogen and oxygen atoms in total. The maximum atomic E-state index is 12.0. The van der Waals surface area contributed by atoms with Gasteiger partial charge < -0.3 is 19.3 Å². The topological polar surface area (TPSA) is 153 Å². The number of allylic oxidation sites excluding steroid dienone is 3. The quantitative estimate of drug-likeness (QED) is 0.102. The molecule has 0 saturated heterocycles. The number of carbonyl (C=O) groups is 2. The van der Waals surface area contributed by atoms with Crippen molar-refractivity contribution in [3.05, 3.63) is 132 Å². The number of benzene rings is 3. The van der Waals surface area contributed by atoms with Gasteiger partial charge in [0.1, 0.15) is 13.2 Å². The van der Waals surface area contributed by atoms with Gasteiger partial charge in [-0.25, -0.2) is 31.4 Å². The fourth-order valence-electron chi connectivity index (χ4n) is 7.19. The third kappa shape index (κ3) is 16.1. The lowest BCUT2D eigenvalue weighted by Gasteiger charge is -2.25. The van der Waals surface area contributed by atoms with E-state index < -0.39 is 25.6 Å². The van der Waals surface area contributed by atoms with E-state index in [2.05, 4.69) is 127 Å². The van der Waals surface area contributed by atoms with Crippen LogP contribution in [0.15, 0.2) is 109 Å². The van der Waals surface area contributed by atoms with Crippen molar-refractivity contribution in [2.45, 2.75) is 85.2 Å². The lowest BCUT2D eigenvalue weighted by Crippen LogP contribution is -2.80. The number of fused-ring (bicyclic) bond motifs is 1. The first kappa shape index (κ1) is 54.8. The molecule has 0 spiro atoms. The van der Waals surface area contributed by atoms with Crippen molar-refractivity contribution in [3.8, 4) is 0 Å². The van der Waals surface area contributed by atoms with Crippen LogP contribution in [0.2, 0.25) is 0 Å². The molecular formula is C49H64F3N4O8S2+. The summed E-state index contributed by atoms with van der Waals surface area (Å²) in [7, 11) is -10.2. The van der Waals surface area contributed by atoms with Gasteiger partial charge >= 0.3 is 27.5 Å². The van der Waals surface area contributed by atoms with Gasteiger partial charge in [-0.05, 0) is 105 Å². The van der Waals surface area contributed by atoms with Crippen molar-refractivity contribution in [2.75, 3.05) is 55.4 Å². The number of likely N-dealkylation sites (N-methyl/N-ethyl adjacent to an activating group) is 2. The average Bonchev–Trinajstić information content (AvgIpc) is 3.28. The third-order valence-corrected chi connectivity index (χ3v) is 13.1. The Morgan fingerprint density at radius 2 is 1.17 bits per heavy atom. The van der Waals surface area contributed by atoms with E-state index in [1.807, 2.05) is 13.8 Å². The largest absolute Gasteiger partial charge is 0.512 e. The number of anilines is 2. The predicted octanol–water partition coefficient (Wildman–Crippen LogP) is 7.72. The summed E-state index contributed by atoms with van der Waals surface area (Å²) < 4.78 is 85.9. The van der Waals surface area contributed by atoms with Gasteiger partial charge in [0.05, 0.1) is 24.9 Å². The number of rotatable bonds is 17. The number of esters is 2. The summed E-state index contributed by atoms with van der Waals surface area (Å²) in [6, 6.07) is 26.6. The number of carbonyl (C=O) groups excluding carboxylic acids is 2. The molecule has 66 heavy (non-hydrogen) atoms. The highest BCUT2D eigenvalue weighted by atomic mass is 32.3. The van der Waals surface area contributed by atoms with Gasteiger partial charge in [-0.2, -0.15) is 13.2 Å². The molecule has 0 atom stereocenters. The second-order valence-electron chi connectivity index (χ2n) is 15.5. The monoisotopic (exact) mass is 957 g/mol. The third-order valence-electron chi connectivity index (χ3n) is 10.4. The van der Waals surface area contributed by atoms with E-state index >= 15 is 0 Å². The van der Waals surface area contributed by atoms with Crippen LogP contribution < -0.4 is 18.9 Å². The van der Waals surface area contributed by atoms with Gasteiger partial charge in [0, 0.05) is 54.5 Å². The summed E-state index contributed by atoms with van der Waals surface area (Å²) in [6.45, 7) is 22.2. The second kappa shape index (κ2) is 25.4. The Morgan fingerprint density at radius 3 is 1.55 bits per heavy atom. The Labute approximate surface area is 389 Å². The normalized spacial score (nSPS) is 14.4. The highest BCUT2D eigenvalue weighted by Gasteiger charge is 2.47. The van der Waals surface area contributed by atoms with E-state index in [-0.39, 0.29) is 11.9 Å². The van der Waals surface area contributed by atoms with Crippen molar-refractivity contribution < 1.29 is 54.1 Å². The number of ether oxygens (including phenoxy) is 2. The van der Waals surface area contributed by atoms with Crippen LogP contribution in [0.1, 0.15) is 95.9 Å². The molecule has 17 heteroatoms. The maximum absolute atomic E-state index is 12.0. The number of alkyl halides is 3. The Morgan fingerprint density at radius 1 is 0.727 bits per heavy atom. The van der Waals surface area contributed by atoms with Crippen LogP contribution in [0, 0.1) is 0 Å². The Bertz CT molecular complexity index is 2370. The fraction of sp³-hybridized carbons (Fsp3) is 0.408. The van der Waals surface area contributed by atoms with Gasteiger partial charge in [0.15, 0.2) is 6.04 Å². The minimum atomic E-state index is -5.79. The molecule has 1 saturated carbocycles. The number of sulfonamides is 2. The number of nitrogens with one attached hydrogen (secondary N) is 2. The molecule has 0 bridgehead atoms. The van der Waals surface area contributed by atoms with Gasteiger partial charge in [0.25, 0.3) is 0 Å². The summed E-state index contributed by atoms with van der Waals surface area (Å²) in [5.41, 5.74) is 5.47. The number of hydrogen-bond acceptors (Lipinski definition) is 10. The number of nitrogens with zero attached hydrogens (tertiary/aromatic N) is 2. The molecule has 0 radical (unpaired) electrons. The van der Waals surface area contributed by atoms with Crippen molar-refractivity contribution in [3.63, 3.8) is 0 Å². The molecule has 0 aromatic heterocycles. The second-order valence-corrected chi connectivity index (χ2v) is 19.1. The van der Waals surface area contributed by atoms with Crippen molar-refractivity contribution in [1.82, 2.24) is 4.13 Å². The van der Waals surface area contributed by atoms with Gasteiger partial charge in [-0.15, -0.1) is 4.13 Å². The molecule has 3 aromatic carbocycles. The molecule has 2 N–H and O–H groups in total. The average molecular weight is 958 g/mol. The molecule has 0 amide bonds. The van der Waals surface area contributed by atoms with Crippen LogP contribution in [0.25, 0.3) is 11.1 Å². The van der Waals surface area contributed by atoms with Crippen LogP contribution in [-0.4, -0.2) is 91.7 Å². The van der Waals surface area contributed by atoms with Gasteiger partial charge in [0.2, 0.25) is 15.7 Å². The summed E-state index contributed by atoms with van der Waals surface area (Å²) in [4.78, 5) is 32.2. The SMILES string of the molecule is C=C(C)C(=O)OCCN(CC)c1ccc(C(=C2C=CC(=[NH+]C3CCCCC3)c3ccccc32)c2ccc(N(CC)CCOC(=O)C(=C)C)cc2)cc1.CC.CS(=O)(=O)NS(=O)(=O)C(F)(F)F. The van der Waals surface area contributed by atoms with Gasteiger partial charge in [-0.3, -0.25) is 0 Å². The van der Waals surface area contributed by atoms with E-state index in [0.29, 0.717) is 53.9 Å². The van der Waals surface area contributed by atoms with Crippen LogP contribution in [-0.2, 0) is 39.1 Å². The van der Waals surface area contributed by atoms with E-state index in [4.69, 9.17) is 9.47 Å². The van der Waals surface area contributed by atoms with Crippen LogP contribution in [0.3, 0.4) is 0 Å². The zero-order valence-electron chi connectivity index (χ0n) is 39.0. The summed E-state index contributed by atoms with van der Waals surface area (Å²) in [5.74, 6) is -0.728. The predicted molar refractivity (Wildman–Crippen MR) is 258 cm³/mol. The van der Waals surface area contributed by atoms with Crippen molar-refractivity contribution in [2.24, 2.45) is 0 Å². The van der Waals surface area contributed by atoms with Crippen LogP contribution >= 0.6 is 0 Å². The first-order valence-corrected chi connectivity index (χ1v) is 25.3. The number of hydrogen-bond donors (Lipinski definition) is 2. The van der Waals surface area contributed by atoms with Crippen molar-refractivity contribution in [1.29, 1.82) is 0 Å². The minimum Gasteiger partial charge on any atom is -0.460 e. The first-order valence-electron chi connectivity index (χ1n) is 22.0. The first-order chi connectivity index (χ1) is 31.2. The number of halogens is 3. The fourth-order valence-corrected chi connectivity index (χ4v) is 9.17. The summed E-state index contributed by atoms with van der Waals surface area (Å²) >= 11 is 0. The highest BCUT2D eigenvalue weighted by Crippen LogP contribution is 2.38. The maximum Gasteiger partial charge on any atom is 0.512 e. The van der Waals surface area contributed by atoms with Crippen LogP contribution in [0.4, 0.5) is 24.5 Å². The highest BCUT2D eigenvalue weighted by molar-refractivity contribution is 8.04. The van der Waals surface area contributed by atoms with Crippen LogP contribution in [0.5, 0.6) is 0 Å². The standard InChI is InChI=1S/C45H53N3O4.C2H4F3NO4S2.C2H6/c1-7-47(28-30-51-44(49)32(3)4)37-22-18-34(19-23-37)43(35-20-24-38(25-21-35)48(8-2)29-31-52-45(50)33(5)6)41-26-27-42(40-17-13-12-16-39(40)41)46-36-14-10-9-11-15-36;1-11(7,8)6-12(9,10)2(3,4)5;1-2/h12-13,16-27,36H,3,5,7-11,14-15,28-31H2,1-2,4,6H3;6H,1H3;1-2H3/p+1. The Balaban J connectivity index is 0.000000717.